The zero-order valence-corrected chi connectivity index (χ0v) is 29.1. The number of hydrogen-bond donors (Lipinski definition) is 2. The average Bonchev–Trinajstić information content (AvgIpc) is 3.03. The molecule has 0 radical (unpaired) electrons. The Labute approximate surface area is 280 Å². The number of piperidine rings is 1. The molecule has 46 heavy (non-hydrogen) atoms. The molecule has 2 aliphatic rings. The Hall–Kier alpha value is -3.73. The molecule has 1 saturated heterocycles. The smallest absolute Gasteiger partial charge is 0.311 e. The summed E-state index contributed by atoms with van der Waals surface area (Å²) in [4.78, 5) is 42.9. The second-order valence-corrected chi connectivity index (χ2v) is 14.0. The van der Waals surface area contributed by atoms with Crippen LogP contribution in [0.4, 0.5) is 17.5 Å². The summed E-state index contributed by atoms with van der Waals surface area (Å²) in [7, 11) is 0. The summed E-state index contributed by atoms with van der Waals surface area (Å²) >= 11 is 3.48. The van der Waals surface area contributed by atoms with Gasteiger partial charge in [-0.05, 0) is 78.0 Å². The fourth-order valence-corrected chi connectivity index (χ4v) is 6.33. The molecule has 0 aliphatic carbocycles. The molecular weight excluding hydrogens is 648 g/mol. The summed E-state index contributed by atoms with van der Waals surface area (Å²) in [5.74, 6) is 1.91. The van der Waals surface area contributed by atoms with E-state index in [1.807, 2.05) is 58.9 Å². The van der Waals surface area contributed by atoms with E-state index in [1.54, 1.807) is 0 Å². The number of carbonyl (C=O) groups excluding carboxylic acids is 2. The van der Waals surface area contributed by atoms with Crippen LogP contribution in [-0.2, 0) is 32.1 Å². The van der Waals surface area contributed by atoms with Crippen molar-refractivity contribution in [3.63, 3.8) is 0 Å². The Bertz CT molecular complexity index is 1550. The van der Waals surface area contributed by atoms with Gasteiger partial charge in [0, 0.05) is 53.4 Å². The Kier molecular flexibility index (Phi) is 10.8. The van der Waals surface area contributed by atoms with Crippen molar-refractivity contribution in [2.75, 3.05) is 41.7 Å². The Morgan fingerprint density at radius 1 is 1.09 bits per heavy atom. The Morgan fingerprint density at radius 3 is 2.59 bits per heavy atom. The summed E-state index contributed by atoms with van der Waals surface area (Å²) < 4.78 is 12.1. The number of halogens is 1. The molecule has 11 heteroatoms. The van der Waals surface area contributed by atoms with Crippen molar-refractivity contribution in [1.29, 1.82) is 0 Å². The number of rotatable bonds is 10. The molecule has 246 valence electrons. The lowest BCUT2D eigenvalue weighted by Crippen LogP contribution is -2.35. The molecule has 2 N–H and O–H groups in total. The van der Waals surface area contributed by atoms with E-state index >= 15 is 0 Å². The predicted molar refractivity (Wildman–Crippen MR) is 183 cm³/mol. The van der Waals surface area contributed by atoms with Crippen molar-refractivity contribution in [3.8, 4) is 0 Å². The first-order valence-electron chi connectivity index (χ1n) is 16.2. The molecule has 1 atom stereocenters. The van der Waals surface area contributed by atoms with E-state index in [4.69, 9.17) is 19.4 Å². The molecule has 1 fully saturated rings. The molecule has 0 spiro atoms. The maximum absolute atomic E-state index is 13.2. The Morgan fingerprint density at radius 2 is 1.85 bits per heavy atom. The minimum Gasteiger partial charge on any atom is -0.461 e. The van der Waals surface area contributed by atoms with Gasteiger partial charge < -0.3 is 25.0 Å². The number of ether oxygens (including phenoxy) is 2. The monoisotopic (exact) mass is 692 g/mol. The normalized spacial score (nSPS) is 15.8. The van der Waals surface area contributed by atoms with Crippen LogP contribution in [0, 0.1) is 19.8 Å². The van der Waals surface area contributed by atoms with Crippen LogP contribution < -0.4 is 15.5 Å². The lowest BCUT2D eigenvalue weighted by atomic mass is 9.92. The fraction of sp³-hybridized carbons (Fsp3) is 0.514. The van der Waals surface area contributed by atoms with Crippen LogP contribution >= 0.6 is 15.9 Å². The Balaban J connectivity index is 1.24. The number of carbonyl (C=O) groups is 2. The molecule has 5 rings (SSSR count). The van der Waals surface area contributed by atoms with Crippen molar-refractivity contribution < 1.29 is 19.1 Å². The lowest BCUT2D eigenvalue weighted by molar-refractivity contribution is -0.163. The number of nitrogens with one attached hydrogen (secondary N) is 2. The highest BCUT2D eigenvalue weighted by Crippen LogP contribution is 2.33. The maximum atomic E-state index is 13.2. The maximum Gasteiger partial charge on any atom is 0.311 e. The van der Waals surface area contributed by atoms with Crippen LogP contribution in [-0.4, -0.2) is 58.7 Å². The van der Waals surface area contributed by atoms with Gasteiger partial charge >= 0.3 is 11.9 Å². The lowest BCUT2D eigenvalue weighted by Gasteiger charge is -2.34. The molecule has 4 heterocycles. The van der Waals surface area contributed by atoms with Crippen molar-refractivity contribution in [2.45, 2.75) is 84.8 Å². The minimum atomic E-state index is -0.765. The number of fused-ring (bicyclic) bond motifs is 1. The highest BCUT2D eigenvalue weighted by atomic mass is 79.9. The van der Waals surface area contributed by atoms with Crippen molar-refractivity contribution in [1.82, 2.24) is 15.0 Å². The van der Waals surface area contributed by atoms with Crippen LogP contribution in [0.15, 0.2) is 40.9 Å². The van der Waals surface area contributed by atoms with E-state index in [0.29, 0.717) is 17.6 Å². The molecule has 2 aliphatic heterocycles. The van der Waals surface area contributed by atoms with Gasteiger partial charge in [0.15, 0.2) is 0 Å². The van der Waals surface area contributed by atoms with Crippen LogP contribution in [0.2, 0.25) is 0 Å². The molecule has 2 aromatic heterocycles. The SMILES string of the molecule is Cc1nc(NC[C@H](CC(=O)OCc2ccccc2Br)C(=O)OC(C)(C)C)c(C)c(N2CCC(c3ccc4c(n3)NCCC4)CC2)n1. The summed E-state index contributed by atoms with van der Waals surface area (Å²) in [6, 6.07) is 12.0. The number of nitrogens with zero attached hydrogens (tertiary/aromatic N) is 4. The van der Waals surface area contributed by atoms with Gasteiger partial charge in [-0.1, -0.05) is 40.2 Å². The van der Waals surface area contributed by atoms with E-state index < -0.39 is 23.5 Å². The van der Waals surface area contributed by atoms with E-state index in [-0.39, 0.29) is 19.6 Å². The van der Waals surface area contributed by atoms with Crippen LogP contribution in [0.3, 0.4) is 0 Å². The number of pyridine rings is 1. The summed E-state index contributed by atoms with van der Waals surface area (Å²) in [5, 5.41) is 6.80. The van der Waals surface area contributed by atoms with Crippen molar-refractivity contribution in [3.05, 3.63) is 69.1 Å². The molecule has 0 unspecified atom stereocenters. The highest BCUT2D eigenvalue weighted by Gasteiger charge is 2.30. The number of anilines is 3. The van der Waals surface area contributed by atoms with E-state index in [2.05, 4.69) is 48.6 Å². The van der Waals surface area contributed by atoms with E-state index in [0.717, 1.165) is 78.2 Å². The third kappa shape index (κ3) is 8.74. The van der Waals surface area contributed by atoms with E-state index in [9.17, 15) is 9.59 Å². The standard InChI is InChI=1S/C35H45BrN6O4/c1-22-31(38-20-27(34(44)46-35(3,4)5)19-30(43)45-21-26-9-6-7-11-28(26)36)39-23(2)40-33(22)42-17-14-24(15-18-42)29-13-12-25-10-8-16-37-32(25)41-29/h6-7,9,11-13,24,27H,8,10,14-21H2,1-5H3,(H,37,41)(H,38,39,40)/t27-/m0/s1. The van der Waals surface area contributed by atoms with Gasteiger partial charge in [-0.25, -0.2) is 15.0 Å². The third-order valence-corrected chi connectivity index (χ3v) is 9.15. The summed E-state index contributed by atoms with van der Waals surface area (Å²) in [6.07, 6.45) is 4.09. The zero-order chi connectivity index (χ0) is 32.8. The number of esters is 2. The largest absolute Gasteiger partial charge is 0.461 e. The quantitative estimate of drug-likeness (QED) is 0.228. The van der Waals surface area contributed by atoms with Crippen LogP contribution in [0.5, 0.6) is 0 Å². The summed E-state index contributed by atoms with van der Waals surface area (Å²) in [6.45, 7) is 12.3. The number of aryl methyl sites for hydroxylation is 2. The van der Waals surface area contributed by atoms with Gasteiger partial charge in [-0.2, -0.15) is 0 Å². The molecule has 3 aromatic rings. The zero-order valence-electron chi connectivity index (χ0n) is 27.5. The molecule has 1 aromatic carbocycles. The summed E-state index contributed by atoms with van der Waals surface area (Å²) in [5.41, 5.74) is 3.53. The van der Waals surface area contributed by atoms with Crippen LogP contribution in [0.1, 0.15) is 80.6 Å². The number of aromatic nitrogens is 3. The van der Waals surface area contributed by atoms with Gasteiger partial charge in [0.2, 0.25) is 0 Å². The van der Waals surface area contributed by atoms with Gasteiger partial charge in [-0.15, -0.1) is 0 Å². The van der Waals surface area contributed by atoms with Gasteiger partial charge in [0.1, 0.15) is 35.5 Å². The first-order chi connectivity index (χ1) is 22.0. The first kappa shape index (κ1) is 33.6. The molecular formula is C35H45BrN6O4. The van der Waals surface area contributed by atoms with Gasteiger partial charge in [0.25, 0.3) is 0 Å². The average molecular weight is 694 g/mol. The van der Waals surface area contributed by atoms with Crippen LogP contribution in [0.25, 0.3) is 0 Å². The minimum absolute atomic E-state index is 0.110. The van der Waals surface area contributed by atoms with Crippen molar-refractivity contribution in [2.24, 2.45) is 5.92 Å². The molecule has 10 nitrogen and oxygen atoms in total. The highest BCUT2D eigenvalue weighted by molar-refractivity contribution is 9.10. The van der Waals surface area contributed by atoms with Crippen molar-refractivity contribution >= 4 is 45.3 Å². The topological polar surface area (TPSA) is 119 Å². The molecule has 0 bridgehead atoms. The third-order valence-electron chi connectivity index (χ3n) is 8.38. The molecule has 0 saturated carbocycles. The van der Waals surface area contributed by atoms with Gasteiger partial charge in [0.05, 0.1) is 12.3 Å². The predicted octanol–water partition coefficient (Wildman–Crippen LogP) is 6.50. The fourth-order valence-electron chi connectivity index (χ4n) is 5.93. The van der Waals surface area contributed by atoms with Gasteiger partial charge in [-0.3, -0.25) is 9.59 Å². The van der Waals surface area contributed by atoms with E-state index in [1.165, 1.54) is 5.56 Å². The number of hydrogen-bond acceptors (Lipinski definition) is 10. The second-order valence-electron chi connectivity index (χ2n) is 13.2. The number of benzene rings is 1. The molecule has 0 amide bonds. The first-order valence-corrected chi connectivity index (χ1v) is 17.0. The second kappa shape index (κ2) is 14.8.